The van der Waals surface area contributed by atoms with Gasteiger partial charge in [0.2, 0.25) is 0 Å². The Labute approximate surface area is 135 Å². The molecule has 0 spiro atoms. The number of thiophene rings is 1. The Morgan fingerprint density at radius 3 is 2.95 bits per heavy atom. The van der Waals surface area contributed by atoms with Gasteiger partial charge in [0, 0.05) is 19.8 Å². The smallest absolute Gasteiger partial charge is 0.340 e. The molecule has 0 amide bonds. The van der Waals surface area contributed by atoms with Gasteiger partial charge in [0.1, 0.15) is 0 Å². The Kier molecular flexibility index (Phi) is 5.19. The first-order valence-electron chi connectivity index (χ1n) is 6.38. The number of nitrogens with zero attached hydrogens (tertiary/aromatic N) is 2. The molecule has 21 heavy (non-hydrogen) atoms. The molecular weight excluding hydrogens is 354 g/mol. The molecule has 112 valence electrons. The zero-order valence-corrected chi connectivity index (χ0v) is 14.2. The summed E-state index contributed by atoms with van der Waals surface area (Å²) in [7, 11) is 1.89. The number of anilines is 2. The fraction of sp³-hybridized carbons (Fsp3) is 0.286. The Hall–Kier alpha value is -1.60. The monoisotopic (exact) mass is 369 g/mol. The summed E-state index contributed by atoms with van der Waals surface area (Å²) in [4.78, 5) is 18.0. The van der Waals surface area contributed by atoms with Crippen LogP contribution in [0.2, 0.25) is 0 Å². The largest absolute Gasteiger partial charge is 0.462 e. The summed E-state index contributed by atoms with van der Waals surface area (Å²) >= 11 is 5.06. The van der Waals surface area contributed by atoms with E-state index in [0.29, 0.717) is 30.2 Å². The molecule has 0 aliphatic rings. The van der Waals surface area contributed by atoms with E-state index in [2.05, 4.69) is 26.3 Å². The van der Waals surface area contributed by atoms with Gasteiger partial charge in [-0.1, -0.05) is 0 Å². The third-order valence-corrected chi connectivity index (χ3v) is 4.42. The Bertz CT molecular complexity index is 645. The van der Waals surface area contributed by atoms with Crippen LogP contribution in [0.3, 0.4) is 0 Å². The highest BCUT2D eigenvalue weighted by Crippen LogP contribution is 2.27. The standard InChI is InChI=1S/C14H16BrN3O2S/c1-3-20-14(19)10-4-5-17-13(12(10)16)18(2)7-9-6-11(15)21-8-9/h4-6,8H,3,7,16H2,1-2H3. The van der Waals surface area contributed by atoms with Crippen molar-refractivity contribution in [3.63, 3.8) is 0 Å². The van der Waals surface area contributed by atoms with Crippen molar-refractivity contribution in [2.75, 3.05) is 24.3 Å². The molecule has 2 aromatic rings. The lowest BCUT2D eigenvalue weighted by Gasteiger charge is -2.20. The van der Waals surface area contributed by atoms with Crippen LogP contribution in [-0.2, 0) is 11.3 Å². The van der Waals surface area contributed by atoms with Crippen molar-refractivity contribution >= 4 is 44.7 Å². The normalized spacial score (nSPS) is 10.4. The third kappa shape index (κ3) is 3.74. The molecule has 2 aromatic heterocycles. The number of carbonyl (C=O) groups excluding carboxylic acids is 1. The maximum absolute atomic E-state index is 11.8. The molecule has 0 saturated heterocycles. The van der Waals surface area contributed by atoms with E-state index in [1.54, 1.807) is 30.5 Å². The van der Waals surface area contributed by atoms with Gasteiger partial charge in [-0.3, -0.25) is 0 Å². The highest BCUT2D eigenvalue weighted by molar-refractivity contribution is 9.11. The number of nitrogen functional groups attached to an aromatic ring is 1. The molecule has 0 saturated carbocycles. The first kappa shape index (κ1) is 15.8. The maximum atomic E-state index is 11.8. The van der Waals surface area contributed by atoms with Gasteiger partial charge in [0.25, 0.3) is 0 Å². The Balaban J connectivity index is 2.23. The van der Waals surface area contributed by atoms with Crippen LogP contribution < -0.4 is 10.6 Å². The van der Waals surface area contributed by atoms with Crippen LogP contribution in [-0.4, -0.2) is 24.6 Å². The van der Waals surface area contributed by atoms with Gasteiger partial charge in [-0.05, 0) is 45.9 Å². The summed E-state index contributed by atoms with van der Waals surface area (Å²) in [5.41, 5.74) is 7.90. The van der Waals surface area contributed by atoms with Crippen molar-refractivity contribution in [1.29, 1.82) is 0 Å². The van der Waals surface area contributed by atoms with Crippen molar-refractivity contribution in [2.45, 2.75) is 13.5 Å². The van der Waals surface area contributed by atoms with Crippen LogP contribution in [0.1, 0.15) is 22.8 Å². The minimum absolute atomic E-state index is 0.314. The van der Waals surface area contributed by atoms with Gasteiger partial charge < -0.3 is 15.4 Å². The van der Waals surface area contributed by atoms with E-state index < -0.39 is 5.97 Å². The number of halogens is 1. The van der Waals surface area contributed by atoms with E-state index in [-0.39, 0.29) is 0 Å². The fourth-order valence-corrected chi connectivity index (χ4v) is 3.13. The average Bonchev–Trinajstić information content (AvgIpc) is 2.84. The van der Waals surface area contributed by atoms with E-state index in [9.17, 15) is 4.79 Å². The number of hydrogen-bond donors (Lipinski definition) is 1. The predicted molar refractivity (Wildman–Crippen MR) is 88.7 cm³/mol. The summed E-state index contributed by atoms with van der Waals surface area (Å²) in [6.45, 7) is 2.73. The van der Waals surface area contributed by atoms with Gasteiger partial charge >= 0.3 is 5.97 Å². The third-order valence-electron chi connectivity index (χ3n) is 2.87. The second kappa shape index (κ2) is 6.91. The van der Waals surface area contributed by atoms with Crippen LogP contribution in [0.4, 0.5) is 11.5 Å². The molecule has 0 bridgehead atoms. The second-order valence-corrected chi connectivity index (χ2v) is 6.72. The molecule has 7 heteroatoms. The zero-order valence-electron chi connectivity index (χ0n) is 11.8. The number of hydrogen-bond acceptors (Lipinski definition) is 6. The number of pyridine rings is 1. The minimum Gasteiger partial charge on any atom is -0.462 e. The van der Waals surface area contributed by atoms with E-state index in [4.69, 9.17) is 10.5 Å². The molecular formula is C14H16BrN3O2S. The molecule has 0 aliphatic carbocycles. The van der Waals surface area contributed by atoms with E-state index in [1.807, 2.05) is 18.0 Å². The van der Waals surface area contributed by atoms with Gasteiger partial charge in [0.15, 0.2) is 5.82 Å². The maximum Gasteiger partial charge on any atom is 0.340 e. The summed E-state index contributed by atoms with van der Waals surface area (Å²) < 4.78 is 6.07. The Morgan fingerprint density at radius 2 is 2.33 bits per heavy atom. The van der Waals surface area contributed by atoms with Crippen molar-refractivity contribution in [1.82, 2.24) is 4.98 Å². The summed E-state index contributed by atoms with van der Waals surface area (Å²) in [5, 5.41) is 2.06. The number of ether oxygens (including phenoxy) is 1. The highest BCUT2D eigenvalue weighted by atomic mass is 79.9. The van der Waals surface area contributed by atoms with E-state index in [0.717, 1.165) is 9.35 Å². The van der Waals surface area contributed by atoms with Crippen LogP contribution in [0, 0.1) is 0 Å². The van der Waals surface area contributed by atoms with Crippen LogP contribution in [0.15, 0.2) is 27.5 Å². The van der Waals surface area contributed by atoms with Crippen molar-refractivity contribution in [3.05, 3.63) is 38.6 Å². The molecule has 0 atom stereocenters. The SMILES string of the molecule is CCOC(=O)c1ccnc(N(C)Cc2csc(Br)c2)c1N. The van der Waals surface area contributed by atoms with Gasteiger partial charge in [-0.2, -0.15) is 0 Å². The molecule has 2 rings (SSSR count). The molecule has 0 aliphatic heterocycles. The topological polar surface area (TPSA) is 68.5 Å². The molecule has 0 aromatic carbocycles. The quantitative estimate of drug-likeness (QED) is 0.818. The first-order valence-corrected chi connectivity index (χ1v) is 8.05. The van der Waals surface area contributed by atoms with Crippen molar-refractivity contribution in [3.8, 4) is 0 Å². The van der Waals surface area contributed by atoms with Crippen LogP contribution >= 0.6 is 27.3 Å². The van der Waals surface area contributed by atoms with Crippen LogP contribution in [0.5, 0.6) is 0 Å². The lowest BCUT2D eigenvalue weighted by Crippen LogP contribution is -2.20. The van der Waals surface area contributed by atoms with Crippen LogP contribution in [0.25, 0.3) is 0 Å². The van der Waals surface area contributed by atoms with Gasteiger partial charge in [-0.15, -0.1) is 11.3 Å². The fourth-order valence-electron chi connectivity index (χ4n) is 1.93. The molecule has 5 nitrogen and oxygen atoms in total. The molecule has 0 unspecified atom stereocenters. The molecule has 2 heterocycles. The molecule has 2 N–H and O–H groups in total. The molecule has 0 fully saturated rings. The number of rotatable bonds is 5. The number of carbonyl (C=O) groups is 1. The minimum atomic E-state index is -0.426. The number of aromatic nitrogens is 1. The lowest BCUT2D eigenvalue weighted by molar-refractivity contribution is 0.0527. The predicted octanol–water partition coefficient (Wildman–Crippen LogP) is 3.30. The summed E-state index contributed by atoms with van der Waals surface area (Å²) in [5.74, 6) is 0.146. The second-order valence-electron chi connectivity index (χ2n) is 4.43. The zero-order chi connectivity index (χ0) is 15.4. The number of nitrogens with two attached hydrogens (primary N) is 1. The summed E-state index contributed by atoms with van der Waals surface area (Å²) in [6.07, 6.45) is 1.57. The van der Waals surface area contributed by atoms with Gasteiger partial charge in [-0.25, -0.2) is 9.78 Å². The van der Waals surface area contributed by atoms with E-state index >= 15 is 0 Å². The number of esters is 1. The highest BCUT2D eigenvalue weighted by Gasteiger charge is 2.17. The van der Waals surface area contributed by atoms with Gasteiger partial charge in [0.05, 0.1) is 21.6 Å². The van der Waals surface area contributed by atoms with E-state index in [1.165, 1.54) is 0 Å². The molecule has 0 radical (unpaired) electrons. The first-order chi connectivity index (χ1) is 10.0. The van der Waals surface area contributed by atoms with Crippen molar-refractivity contribution < 1.29 is 9.53 Å². The Morgan fingerprint density at radius 1 is 1.57 bits per heavy atom. The summed E-state index contributed by atoms with van der Waals surface area (Å²) in [6, 6.07) is 3.62. The lowest BCUT2D eigenvalue weighted by atomic mass is 10.2. The average molecular weight is 370 g/mol. The van der Waals surface area contributed by atoms with Crippen molar-refractivity contribution in [2.24, 2.45) is 0 Å².